The summed E-state index contributed by atoms with van der Waals surface area (Å²) in [5.74, 6) is 1.95. The number of aromatic hydroxyl groups is 1. The van der Waals surface area contributed by atoms with Crippen molar-refractivity contribution >= 4 is 5.78 Å². The first-order valence-electron chi connectivity index (χ1n) is 11.9. The second kappa shape index (κ2) is 12.5. The van der Waals surface area contributed by atoms with Crippen LogP contribution in [0.15, 0.2) is 30.3 Å². The minimum Gasteiger partial charge on any atom is -0.507 e. The third-order valence-electron chi connectivity index (χ3n) is 5.32. The van der Waals surface area contributed by atoms with E-state index in [0.29, 0.717) is 55.3 Å². The van der Waals surface area contributed by atoms with Crippen molar-refractivity contribution in [3.8, 4) is 23.0 Å². The molecule has 2 aromatic carbocycles. The largest absolute Gasteiger partial charge is 0.507 e. The molecule has 0 saturated heterocycles. The summed E-state index contributed by atoms with van der Waals surface area (Å²) in [6.45, 7) is 11.1. The molecule has 2 aromatic rings. The molecule has 182 valence electrons. The van der Waals surface area contributed by atoms with Crippen molar-refractivity contribution in [1.82, 2.24) is 0 Å². The van der Waals surface area contributed by atoms with E-state index in [1.165, 1.54) is 6.92 Å². The summed E-state index contributed by atoms with van der Waals surface area (Å²) in [4.78, 5) is 11.7. The maximum atomic E-state index is 11.7. The van der Waals surface area contributed by atoms with Crippen LogP contribution >= 0.6 is 0 Å². The van der Waals surface area contributed by atoms with E-state index in [1.54, 1.807) is 12.1 Å². The fraction of sp³-hybridized carbons (Fsp3) is 0.519. The molecule has 33 heavy (non-hydrogen) atoms. The highest BCUT2D eigenvalue weighted by molar-refractivity contribution is 5.97. The number of hydrogen-bond acceptors (Lipinski definition) is 6. The first-order valence-corrected chi connectivity index (χ1v) is 11.9. The lowest BCUT2D eigenvalue weighted by Crippen LogP contribution is -2.28. The van der Waals surface area contributed by atoms with Gasteiger partial charge in [0.15, 0.2) is 5.78 Å². The van der Waals surface area contributed by atoms with E-state index in [-0.39, 0.29) is 11.5 Å². The molecule has 0 atom stereocenters. The van der Waals surface area contributed by atoms with Gasteiger partial charge in [0.05, 0.1) is 25.4 Å². The Labute approximate surface area is 198 Å². The summed E-state index contributed by atoms with van der Waals surface area (Å²) in [7, 11) is 0. The van der Waals surface area contributed by atoms with Crippen molar-refractivity contribution in [3.05, 3.63) is 47.0 Å². The van der Waals surface area contributed by atoms with Gasteiger partial charge in [-0.05, 0) is 63.4 Å². The van der Waals surface area contributed by atoms with Crippen LogP contribution in [-0.4, -0.2) is 30.7 Å². The van der Waals surface area contributed by atoms with Gasteiger partial charge in [0, 0.05) is 23.6 Å². The summed E-state index contributed by atoms with van der Waals surface area (Å²) >= 11 is 0. The van der Waals surface area contributed by atoms with Crippen LogP contribution in [0.2, 0.25) is 0 Å². The number of phenols is 1. The van der Waals surface area contributed by atoms with Gasteiger partial charge in [-0.15, -0.1) is 0 Å². The predicted molar refractivity (Wildman–Crippen MR) is 132 cm³/mol. The highest BCUT2D eigenvalue weighted by atomic mass is 16.5. The SMILES string of the molecule is CCCCOc1cc(OCCCOc2ccc(C(C)=O)c(O)c2CCC)cc(C(C)(C)N)c1. The fourth-order valence-electron chi connectivity index (χ4n) is 3.40. The summed E-state index contributed by atoms with van der Waals surface area (Å²) in [6.07, 6.45) is 4.20. The highest BCUT2D eigenvalue weighted by Crippen LogP contribution is 2.33. The maximum Gasteiger partial charge on any atom is 0.163 e. The second-order valence-electron chi connectivity index (χ2n) is 8.91. The third-order valence-corrected chi connectivity index (χ3v) is 5.32. The molecule has 0 radical (unpaired) electrons. The van der Waals surface area contributed by atoms with Gasteiger partial charge in [-0.3, -0.25) is 4.79 Å². The molecule has 0 heterocycles. The lowest BCUT2D eigenvalue weighted by atomic mass is 9.95. The molecule has 0 aliphatic carbocycles. The van der Waals surface area contributed by atoms with E-state index in [4.69, 9.17) is 19.9 Å². The lowest BCUT2D eigenvalue weighted by Gasteiger charge is -2.21. The van der Waals surface area contributed by atoms with Gasteiger partial charge in [-0.25, -0.2) is 0 Å². The van der Waals surface area contributed by atoms with Crippen molar-refractivity contribution < 1.29 is 24.1 Å². The van der Waals surface area contributed by atoms with Crippen LogP contribution in [0, 0.1) is 0 Å². The Morgan fingerprint density at radius 2 is 1.55 bits per heavy atom. The second-order valence-corrected chi connectivity index (χ2v) is 8.91. The minimum absolute atomic E-state index is 0.0231. The molecule has 0 bridgehead atoms. The number of carbonyl (C=O) groups is 1. The van der Waals surface area contributed by atoms with Gasteiger partial charge in [-0.2, -0.15) is 0 Å². The average Bonchev–Trinajstić information content (AvgIpc) is 2.75. The molecule has 0 fully saturated rings. The zero-order valence-corrected chi connectivity index (χ0v) is 20.7. The lowest BCUT2D eigenvalue weighted by molar-refractivity contribution is 0.101. The van der Waals surface area contributed by atoms with E-state index < -0.39 is 5.54 Å². The molecule has 0 aliphatic rings. The summed E-state index contributed by atoms with van der Waals surface area (Å²) in [5, 5.41) is 10.5. The topological polar surface area (TPSA) is 91.0 Å². The molecule has 0 aromatic heterocycles. The van der Waals surface area contributed by atoms with Crippen molar-refractivity contribution in [1.29, 1.82) is 0 Å². The van der Waals surface area contributed by atoms with Crippen LogP contribution in [0.1, 0.15) is 81.8 Å². The highest BCUT2D eigenvalue weighted by Gasteiger charge is 2.18. The van der Waals surface area contributed by atoms with Crippen LogP contribution in [0.25, 0.3) is 0 Å². The molecular formula is C27H39NO5. The van der Waals surface area contributed by atoms with Crippen molar-refractivity contribution in [3.63, 3.8) is 0 Å². The van der Waals surface area contributed by atoms with E-state index in [9.17, 15) is 9.90 Å². The molecule has 6 nitrogen and oxygen atoms in total. The summed E-state index contributed by atoms with van der Waals surface area (Å²) < 4.78 is 17.8. The Bertz CT molecular complexity index is 917. The van der Waals surface area contributed by atoms with Gasteiger partial charge in [-0.1, -0.05) is 26.7 Å². The normalized spacial score (nSPS) is 11.3. The molecule has 0 aliphatic heterocycles. The van der Waals surface area contributed by atoms with Crippen molar-refractivity contribution in [2.24, 2.45) is 5.73 Å². The van der Waals surface area contributed by atoms with Gasteiger partial charge in [0.2, 0.25) is 0 Å². The van der Waals surface area contributed by atoms with E-state index in [1.807, 2.05) is 39.0 Å². The van der Waals surface area contributed by atoms with Gasteiger partial charge >= 0.3 is 0 Å². The number of ether oxygens (including phenoxy) is 3. The third kappa shape index (κ3) is 7.97. The Balaban J connectivity index is 1.99. The average molecular weight is 458 g/mol. The van der Waals surface area contributed by atoms with Crippen LogP contribution in [-0.2, 0) is 12.0 Å². The monoisotopic (exact) mass is 457 g/mol. The Hall–Kier alpha value is -2.73. The number of ketones is 1. The molecule has 6 heteroatoms. The number of Topliss-reactive ketones (excluding diaryl/α,β-unsaturated/α-hetero) is 1. The fourth-order valence-corrected chi connectivity index (χ4v) is 3.40. The zero-order valence-electron chi connectivity index (χ0n) is 20.7. The first kappa shape index (κ1) is 26.5. The number of rotatable bonds is 14. The molecule has 0 amide bonds. The smallest absolute Gasteiger partial charge is 0.163 e. The number of hydrogen-bond donors (Lipinski definition) is 2. The van der Waals surface area contributed by atoms with E-state index in [2.05, 4.69) is 6.92 Å². The number of nitrogens with two attached hydrogens (primary N) is 1. The Morgan fingerprint density at radius 3 is 2.09 bits per heavy atom. The number of carbonyl (C=O) groups excluding carboxylic acids is 1. The maximum absolute atomic E-state index is 11.7. The molecule has 0 saturated carbocycles. The number of benzene rings is 2. The quantitative estimate of drug-likeness (QED) is 0.276. The van der Waals surface area contributed by atoms with Crippen LogP contribution in [0.3, 0.4) is 0 Å². The van der Waals surface area contributed by atoms with Crippen LogP contribution in [0.5, 0.6) is 23.0 Å². The molecule has 0 unspecified atom stereocenters. The molecule has 2 rings (SSSR count). The molecular weight excluding hydrogens is 418 g/mol. The van der Waals surface area contributed by atoms with Gasteiger partial charge < -0.3 is 25.1 Å². The minimum atomic E-state index is -0.505. The Kier molecular flexibility index (Phi) is 10.0. The van der Waals surface area contributed by atoms with Crippen LogP contribution in [0.4, 0.5) is 0 Å². The van der Waals surface area contributed by atoms with E-state index >= 15 is 0 Å². The number of unbranched alkanes of at least 4 members (excludes halogenated alkanes) is 1. The van der Waals surface area contributed by atoms with E-state index in [0.717, 1.165) is 30.6 Å². The van der Waals surface area contributed by atoms with Gasteiger partial charge in [0.25, 0.3) is 0 Å². The summed E-state index contributed by atoms with van der Waals surface area (Å²) in [6, 6.07) is 9.19. The van der Waals surface area contributed by atoms with Crippen molar-refractivity contribution in [2.75, 3.05) is 19.8 Å². The Morgan fingerprint density at radius 1 is 0.939 bits per heavy atom. The van der Waals surface area contributed by atoms with Crippen LogP contribution < -0.4 is 19.9 Å². The van der Waals surface area contributed by atoms with Gasteiger partial charge in [0.1, 0.15) is 23.0 Å². The molecule has 3 N–H and O–H groups in total. The predicted octanol–water partition coefficient (Wildman–Crippen LogP) is 5.77. The number of phenolic OH excluding ortho intramolecular Hbond substituents is 1. The zero-order chi connectivity index (χ0) is 24.4. The summed E-state index contributed by atoms with van der Waals surface area (Å²) in [5.41, 5.74) is 7.75. The molecule has 0 spiro atoms. The van der Waals surface area contributed by atoms with Crippen molar-refractivity contribution in [2.45, 2.75) is 72.3 Å². The first-order chi connectivity index (χ1) is 15.7. The standard InChI is InChI=1S/C27H39NO5/c1-6-8-13-31-21-16-20(27(4,5)28)17-22(18-21)32-14-9-15-33-25-12-11-23(19(3)29)26(30)24(25)10-7-2/h11-12,16-18,30H,6-10,13-15,28H2,1-5H3.